The number of likely N-dealkylation sites (N-methyl/N-ethyl adjacent to an activating group) is 1. The fourth-order valence-corrected chi connectivity index (χ4v) is 1.96. The molecule has 102 valence electrons. The first-order chi connectivity index (χ1) is 8.09. The van der Waals surface area contributed by atoms with E-state index in [1.165, 1.54) is 19.3 Å². The van der Waals surface area contributed by atoms with Crippen LogP contribution in [0, 0.1) is 0 Å². The summed E-state index contributed by atoms with van der Waals surface area (Å²) in [6.45, 7) is 9.63. The molecule has 0 aliphatic heterocycles. The highest BCUT2D eigenvalue weighted by atomic mass is 16.5. The van der Waals surface area contributed by atoms with Crippen LogP contribution in [-0.4, -0.2) is 49.8 Å². The lowest BCUT2D eigenvalue weighted by Crippen LogP contribution is -2.27. The lowest BCUT2D eigenvalue weighted by molar-refractivity contribution is 0.0453. The van der Waals surface area contributed by atoms with Crippen molar-refractivity contribution in [1.29, 1.82) is 0 Å². The molecule has 1 saturated carbocycles. The van der Waals surface area contributed by atoms with E-state index < -0.39 is 0 Å². The molecule has 1 fully saturated rings. The van der Waals surface area contributed by atoms with E-state index in [1.54, 1.807) is 0 Å². The Morgan fingerprint density at radius 1 is 1.29 bits per heavy atom. The summed E-state index contributed by atoms with van der Waals surface area (Å²) in [5.41, 5.74) is 0. The van der Waals surface area contributed by atoms with Crippen molar-refractivity contribution in [3.63, 3.8) is 0 Å². The summed E-state index contributed by atoms with van der Waals surface area (Å²) in [6, 6.07) is 1.45. The number of hydrogen-bond donors (Lipinski definition) is 1. The molecule has 0 aromatic carbocycles. The molecule has 0 aromatic heterocycles. The molecule has 0 saturated heterocycles. The molecule has 0 heterocycles. The molecule has 1 N–H and O–H groups in total. The van der Waals surface area contributed by atoms with Crippen molar-refractivity contribution in [2.75, 3.05) is 26.7 Å². The highest BCUT2D eigenvalue weighted by Crippen LogP contribution is 2.24. The van der Waals surface area contributed by atoms with Crippen molar-refractivity contribution < 1.29 is 4.74 Å². The van der Waals surface area contributed by atoms with Gasteiger partial charge in [-0.3, -0.25) is 0 Å². The standard InChI is InChI=1S/C14H30N2O/c1-12(2)15-9-5-6-13(3)17-11-10-16(4)14-7-8-14/h12-15H,5-11H2,1-4H3. The molecule has 0 spiro atoms. The zero-order valence-electron chi connectivity index (χ0n) is 12.0. The van der Waals surface area contributed by atoms with Crippen LogP contribution in [0.3, 0.4) is 0 Å². The molecule has 3 heteroatoms. The average Bonchev–Trinajstić information content (AvgIpc) is 3.07. The Morgan fingerprint density at radius 2 is 2.00 bits per heavy atom. The maximum absolute atomic E-state index is 5.83. The summed E-state index contributed by atoms with van der Waals surface area (Å²) in [5, 5.41) is 3.43. The molecule has 17 heavy (non-hydrogen) atoms. The van der Waals surface area contributed by atoms with E-state index >= 15 is 0 Å². The van der Waals surface area contributed by atoms with Gasteiger partial charge in [-0.15, -0.1) is 0 Å². The summed E-state index contributed by atoms with van der Waals surface area (Å²) in [4.78, 5) is 2.42. The van der Waals surface area contributed by atoms with Crippen LogP contribution in [0.1, 0.15) is 46.5 Å². The van der Waals surface area contributed by atoms with E-state index in [0.29, 0.717) is 12.1 Å². The van der Waals surface area contributed by atoms with Crippen LogP contribution in [-0.2, 0) is 4.74 Å². The van der Waals surface area contributed by atoms with E-state index in [4.69, 9.17) is 4.74 Å². The van der Waals surface area contributed by atoms with Gasteiger partial charge < -0.3 is 15.0 Å². The van der Waals surface area contributed by atoms with Crippen LogP contribution in [0.25, 0.3) is 0 Å². The monoisotopic (exact) mass is 242 g/mol. The number of rotatable bonds is 10. The van der Waals surface area contributed by atoms with Gasteiger partial charge in [-0.25, -0.2) is 0 Å². The third kappa shape index (κ3) is 7.74. The van der Waals surface area contributed by atoms with Crippen molar-refractivity contribution in [1.82, 2.24) is 10.2 Å². The van der Waals surface area contributed by atoms with Gasteiger partial charge >= 0.3 is 0 Å². The number of nitrogens with zero attached hydrogens (tertiary/aromatic N) is 1. The third-order valence-corrected chi connectivity index (χ3v) is 3.36. The normalized spacial score (nSPS) is 18.0. The molecular formula is C14H30N2O. The molecule has 1 aliphatic rings. The van der Waals surface area contributed by atoms with E-state index in [0.717, 1.165) is 32.2 Å². The van der Waals surface area contributed by atoms with Crippen molar-refractivity contribution in [2.45, 2.75) is 64.6 Å². The number of ether oxygens (including phenoxy) is 1. The van der Waals surface area contributed by atoms with Gasteiger partial charge in [0.25, 0.3) is 0 Å². The Labute approximate surface area is 107 Å². The first-order valence-corrected chi connectivity index (χ1v) is 7.15. The summed E-state index contributed by atoms with van der Waals surface area (Å²) in [5.74, 6) is 0. The highest BCUT2D eigenvalue weighted by Gasteiger charge is 2.25. The van der Waals surface area contributed by atoms with Gasteiger partial charge in [0.1, 0.15) is 0 Å². The second kappa shape index (κ2) is 8.06. The average molecular weight is 242 g/mol. The zero-order chi connectivity index (χ0) is 12.7. The smallest absolute Gasteiger partial charge is 0.0597 e. The Morgan fingerprint density at radius 3 is 2.59 bits per heavy atom. The molecule has 1 aliphatic carbocycles. The Balaban J connectivity index is 1.88. The number of hydrogen-bond acceptors (Lipinski definition) is 3. The lowest BCUT2D eigenvalue weighted by Gasteiger charge is -2.18. The second-order valence-corrected chi connectivity index (χ2v) is 5.64. The Hall–Kier alpha value is -0.120. The zero-order valence-corrected chi connectivity index (χ0v) is 12.0. The fourth-order valence-electron chi connectivity index (χ4n) is 1.96. The van der Waals surface area contributed by atoms with Crippen LogP contribution >= 0.6 is 0 Å². The maximum atomic E-state index is 5.83. The van der Waals surface area contributed by atoms with Gasteiger partial charge in [0.15, 0.2) is 0 Å². The minimum atomic E-state index is 0.400. The van der Waals surface area contributed by atoms with Crippen LogP contribution in [0.2, 0.25) is 0 Å². The van der Waals surface area contributed by atoms with Gasteiger partial charge in [-0.2, -0.15) is 0 Å². The molecule has 3 nitrogen and oxygen atoms in total. The number of nitrogens with one attached hydrogen (secondary N) is 1. The van der Waals surface area contributed by atoms with Crippen molar-refractivity contribution in [3.05, 3.63) is 0 Å². The predicted octanol–water partition coefficient (Wildman–Crippen LogP) is 2.26. The second-order valence-electron chi connectivity index (χ2n) is 5.64. The van der Waals surface area contributed by atoms with E-state index in [2.05, 4.69) is 38.0 Å². The molecule has 0 radical (unpaired) electrons. The highest BCUT2D eigenvalue weighted by molar-refractivity contribution is 4.82. The molecule has 1 unspecified atom stereocenters. The maximum Gasteiger partial charge on any atom is 0.0597 e. The Bertz CT molecular complexity index is 193. The van der Waals surface area contributed by atoms with Crippen LogP contribution in [0.5, 0.6) is 0 Å². The van der Waals surface area contributed by atoms with Crippen LogP contribution in [0.15, 0.2) is 0 Å². The van der Waals surface area contributed by atoms with Crippen LogP contribution in [0.4, 0.5) is 0 Å². The van der Waals surface area contributed by atoms with E-state index in [1.807, 2.05) is 0 Å². The molecule has 1 rings (SSSR count). The fraction of sp³-hybridized carbons (Fsp3) is 1.00. The molecule has 0 amide bonds. The van der Waals surface area contributed by atoms with Crippen molar-refractivity contribution in [3.8, 4) is 0 Å². The largest absolute Gasteiger partial charge is 0.377 e. The summed E-state index contributed by atoms with van der Waals surface area (Å²) in [6.07, 6.45) is 5.53. The molecule has 0 aromatic rings. The van der Waals surface area contributed by atoms with Gasteiger partial charge in [0, 0.05) is 18.6 Å². The SMILES string of the molecule is CC(C)NCCCC(C)OCCN(C)C1CC1. The molecular weight excluding hydrogens is 212 g/mol. The first-order valence-electron chi connectivity index (χ1n) is 7.15. The lowest BCUT2D eigenvalue weighted by atomic mass is 10.2. The molecule has 0 bridgehead atoms. The van der Waals surface area contributed by atoms with E-state index in [9.17, 15) is 0 Å². The summed E-state index contributed by atoms with van der Waals surface area (Å²) >= 11 is 0. The quantitative estimate of drug-likeness (QED) is 0.595. The van der Waals surface area contributed by atoms with Crippen LogP contribution < -0.4 is 5.32 Å². The van der Waals surface area contributed by atoms with Crippen molar-refractivity contribution in [2.24, 2.45) is 0 Å². The summed E-state index contributed by atoms with van der Waals surface area (Å²) < 4.78 is 5.83. The van der Waals surface area contributed by atoms with Gasteiger partial charge in [0.2, 0.25) is 0 Å². The topological polar surface area (TPSA) is 24.5 Å². The molecule has 1 atom stereocenters. The van der Waals surface area contributed by atoms with Crippen molar-refractivity contribution >= 4 is 0 Å². The van der Waals surface area contributed by atoms with Gasteiger partial charge in [0.05, 0.1) is 12.7 Å². The minimum Gasteiger partial charge on any atom is -0.377 e. The predicted molar refractivity (Wildman–Crippen MR) is 73.4 cm³/mol. The van der Waals surface area contributed by atoms with Gasteiger partial charge in [-0.05, 0) is 46.2 Å². The first kappa shape index (κ1) is 14.9. The Kier molecular flexibility index (Phi) is 7.09. The minimum absolute atomic E-state index is 0.400. The van der Waals surface area contributed by atoms with Gasteiger partial charge in [-0.1, -0.05) is 13.8 Å². The summed E-state index contributed by atoms with van der Waals surface area (Å²) in [7, 11) is 2.21. The van der Waals surface area contributed by atoms with E-state index in [-0.39, 0.29) is 0 Å². The third-order valence-electron chi connectivity index (χ3n) is 3.36.